The van der Waals surface area contributed by atoms with Gasteiger partial charge in [0.25, 0.3) is 0 Å². The highest BCUT2D eigenvalue weighted by Crippen LogP contribution is 2.15. The smallest absolute Gasteiger partial charge is 0.325 e. The van der Waals surface area contributed by atoms with Crippen LogP contribution in [0.2, 0.25) is 0 Å². The van der Waals surface area contributed by atoms with E-state index in [4.69, 9.17) is 5.73 Å². The van der Waals surface area contributed by atoms with Gasteiger partial charge in [-0.05, 0) is 12.8 Å². The SMILES string of the molecule is CCC[C@@](N)(CC)C(=O)OC.Cl. The lowest BCUT2D eigenvalue weighted by Gasteiger charge is -2.23. The third kappa shape index (κ3) is 3.41. The van der Waals surface area contributed by atoms with Crippen molar-refractivity contribution in [3.63, 3.8) is 0 Å². The summed E-state index contributed by atoms with van der Waals surface area (Å²) in [7, 11) is 1.37. The lowest BCUT2D eigenvalue weighted by molar-refractivity contribution is -0.147. The van der Waals surface area contributed by atoms with Crippen molar-refractivity contribution in [2.75, 3.05) is 7.11 Å². The van der Waals surface area contributed by atoms with Gasteiger partial charge in [-0.1, -0.05) is 20.3 Å². The molecule has 0 radical (unpaired) electrons. The second-order valence-electron chi connectivity index (χ2n) is 2.75. The highest BCUT2D eigenvalue weighted by atomic mass is 35.5. The number of carbonyl (C=O) groups is 1. The van der Waals surface area contributed by atoms with Gasteiger partial charge in [-0.25, -0.2) is 0 Å². The van der Waals surface area contributed by atoms with Crippen LogP contribution in [0.4, 0.5) is 0 Å². The second kappa shape index (κ2) is 6.26. The summed E-state index contributed by atoms with van der Waals surface area (Å²) in [6.45, 7) is 3.90. The van der Waals surface area contributed by atoms with Gasteiger partial charge in [0.15, 0.2) is 0 Å². The summed E-state index contributed by atoms with van der Waals surface area (Å²) in [5.74, 6) is -0.304. The molecule has 0 fully saturated rings. The van der Waals surface area contributed by atoms with E-state index in [1.807, 2.05) is 13.8 Å². The summed E-state index contributed by atoms with van der Waals surface area (Å²) in [4.78, 5) is 11.1. The fraction of sp³-hybridized carbons (Fsp3) is 0.875. The minimum absolute atomic E-state index is 0. The van der Waals surface area contributed by atoms with Crippen molar-refractivity contribution in [3.05, 3.63) is 0 Å². The minimum atomic E-state index is -0.760. The number of nitrogens with two attached hydrogens (primary N) is 1. The Kier molecular flexibility index (Phi) is 7.44. The topological polar surface area (TPSA) is 52.3 Å². The minimum Gasteiger partial charge on any atom is -0.468 e. The number of esters is 1. The Labute approximate surface area is 80.1 Å². The molecule has 0 bridgehead atoms. The molecule has 4 heteroatoms. The van der Waals surface area contributed by atoms with E-state index in [0.29, 0.717) is 12.8 Å². The summed E-state index contributed by atoms with van der Waals surface area (Å²) in [6, 6.07) is 0. The van der Waals surface area contributed by atoms with Gasteiger partial charge in [0.2, 0.25) is 0 Å². The maximum Gasteiger partial charge on any atom is 0.325 e. The Balaban J connectivity index is 0. The Bertz CT molecular complexity index is 141. The van der Waals surface area contributed by atoms with Crippen LogP contribution < -0.4 is 5.73 Å². The fourth-order valence-electron chi connectivity index (χ4n) is 1.07. The highest BCUT2D eigenvalue weighted by Gasteiger charge is 2.31. The summed E-state index contributed by atoms with van der Waals surface area (Å²) < 4.78 is 4.59. The molecule has 0 saturated carbocycles. The monoisotopic (exact) mass is 195 g/mol. The second-order valence-corrected chi connectivity index (χ2v) is 2.75. The van der Waals surface area contributed by atoms with Crippen molar-refractivity contribution in [3.8, 4) is 0 Å². The summed E-state index contributed by atoms with van der Waals surface area (Å²) in [5, 5.41) is 0. The van der Waals surface area contributed by atoms with E-state index in [9.17, 15) is 4.79 Å². The zero-order chi connectivity index (χ0) is 8.91. The molecule has 0 heterocycles. The molecule has 0 spiro atoms. The van der Waals surface area contributed by atoms with Crippen LogP contribution >= 0.6 is 12.4 Å². The molecule has 0 saturated heterocycles. The Morgan fingerprint density at radius 2 is 2.00 bits per heavy atom. The Hall–Kier alpha value is -0.280. The molecule has 12 heavy (non-hydrogen) atoms. The van der Waals surface area contributed by atoms with Gasteiger partial charge in [0, 0.05) is 0 Å². The lowest BCUT2D eigenvalue weighted by atomic mass is 9.92. The normalized spacial score (nSPS) is 14.3. The van der Waals surface area contributed by atoms with Gasteiger partial charge in [-0.15, -0.1) is 12.4 Å². The average Bonchev–Trinajstić information content (AvgIpc) is 2.03. The third-order valence-corrected chi connectivity index (χ3v) is 1.92. The van der Waals surface area contributed by atoms with Gasteiger partial charge >= 0.3 is 5.97 Å². The van der Waals surface area contributed by atoms with Gasteiger partial charge in [0.05, 0.1) is 7.11 Å². The van der Waals surface area contributed by atoms with Crippen molar-refractivity contribution >= 4 is 18.4 Å². The van der Waals surface area contributed by atoms with E-state index < -0.39 is 5.54 Å². The first-order chi connectivity index (χ1) is 5.10. The lowest BCUT2D eigenvalue weighted by Crippen LogP contribution is -2.47. The molecule has 0 unspecified atom stereocenters. The van der Waals surface area contributed by atoms with E-state index in [1.54, 1.807) is 0 Å². The summed E-state index contributed by atoms with van der Waals surface area (Å²) in [5.41, 5.74) is 5.03. The number of carbonyl (C=O) groups excluding carboxylic acids is 1. The first-order valence-corrected chi connectivity index (χ1v) is 3.98. The van der Waals surface area contributed by atoms with Gasteiger partial charge < -0.3 is 10.5 Å². The summed E-state index contributed by atoms with van der Waals surface area (Å²) >= 11 is 0. The van der Waals surface area contributed by atoms with E-state index >= 15 is 0 Å². The summed E-state index contributed by atoms with van der Waals surface area (Å²) in [6.07, 6.45) is 2.23. The maximum atomic E-state index is 11.1. The molecule has 0 rings (SSSR count). The third-order valence-electron chi connectivity index (χ3n) is 1.92. The van der Waals surface area contributed by atoms with Crippen LogP contribution in [0.1, 0.15) is 33.1 Å². The van der Waals surface area contributed by atoms with Crippen molar-refractivity contribution in [2.45, 2.75) is 38.6 Å². The number of hydrogen-bond acceptors (Lipinski definition) is 3. The Morgan fingerprint density at radius 1 is 1.50 bits per heavy atom. The number of halogens is 1. The van der Waals surface area contributed by atoms with E-state index in [1.165, 1.54) is 7.11 Å². The Morgan fingerprint density at radius 3 is 2.25 bits per heavy atom. The molecule has 0 aliphatic heterocycles. The maximum absolute atomic E-state index is 11.1. The van der Waals surface area contributed by atoms with Crippen molar-refractivity contribution in [1.82, 2.24) is 0 Å². The predicted molar refractivity (Wildman–Crippen MR) is 51.4 cm³/mol. The molecule has 74 valence electrons. The molecule has 0 aliphatic rings. The van der Waals surface area contributed by atoms with Gasteiger partial charge in [-0.3, -0.25) is 4.79 Å². The van der Waals surface area contributed by atoms with E-state index in [2.05, 4.69) is 4.74 Å². The van der Waals surface area contributed by atoms with Crippen molar-refractivity contribution in [2.24, 2.45) is 5.73 Å². The molecule has 0 amide bonds. The molecular formula is C8H18ClNO2. The van der Waals surface area contributed by atoms with Crippen LogP contribution in [-0.4, -0.2) is 18.6 Å². The molecule has 2 N–H and O–H groups in total. The van der Waals surface area contributed by atoms with Crippen LogP contribution in [0.25, 0.3) is 0 Å². The first-order valence-electron chi connectivity index (χ1n) is 3.98. The largest absolute Gasteiger partial charge is 0.468 e. The molecule has 0 aromatic carbocycles. The van der Waals surface area contributed by atoms with Crippen LogP contribution in [0.3, 0.4) is 0 Å². The van der Waals surface area contributed by atoms with Crippen LogP contribution in [0.5, 0.6) is 0 Å². The predicted octanol–water partition coefficient (Wildman–Crippen LogP) is 1.49. The molecule has 0 aliphatic carbocycles. The van der Waals surface area contributed by atoms with Crippen molar-refractivity contribution in [1.29, 1.82) is 0 Å². The zero-order valence-corrected chi connectivity index (χ0v) is 8.74. The molecule has 0 aromatic rings. The number of ether oxygens (including phenoxy) is 1. The van der Waals surface area contributed by atoms with Crippen LogP contribution in [0.15, 0.2) is 0 Å². The van der Waals surface area contributed by atoms with Gasteiger partial charge in [-0.2, -0.15) is 0 Å². The number of rotatable bonds is 4. The molecule has 3 nitrogen and oxygen atoms in total. The quantitative estimate of drug-likeness (QED) is 0.692. The standard InChI is InChI=1S/C8H17NO2.ClH/c1-4-6-8(9,5-2)7(10)11-3;/h4-6,9H2,1-3H3;1H/t8-;/m0./s1. The van der Waals surface area contributed by atoms with Crippen LogP contribution in [0, 0.1) is 0 Å². The number of methoxy groups -OCH3 is 1. The molecular weight excluding hydrogens is 178 g/mol. The van der Waals surface area contributed by atoms with E-state index in [0.717, 1.165) is 6.42 Å². The zero-order valence-electron chi connectivity index (χ0n) is 7.92. The van der Waals surface area contributed by atoms with E-state index in [-0.39, 0.29) is 18.4 Å². The first kappa shape index (κ1) is 14.3. The average molecular weight is 196 g/mol. The fourth-order valence-corrected chi connectivity index (χ4v) is 1.07. The number of hydrogen-bond donors (Lipinski definition) is 1. The van der Waals surface area contributed by atoms with Gasteiger partial charge in [0.1, 0.15) is 5.54 Å². The van der Waals surface area contributed by atoms with Crippen LogP contribution in [-0.2, 0) is 9.53 Å². The molecule has 0 aromatic heterocycles. The highest BCUT2D eigenvalue weighted by molar-refractivity contribution is 5.85. The van der Waals surface area contributed by atoms with Crippen molar-refractivity contribution < 1.29 is 9.53 Å². The molecule has 1 atom stereocenters.